The van der Waals surface area contributed by atoms with Crippen molar-refractivity contribution < 1.29 is 0 Å². The highest BCUT2D eigenvalue weighted by atomic mass is 79.9. The molecule has 1 aliphatic heterocycles. The van der Waals surface area contributed by atoms with Gasteiger partial charge >= 0.3 is 0 Å². The molecule has 1 aromatic carbocycles. The fourth-order valence-corrected chi connectivity index (χ4v) is 2.36. The summed E-state index contributed by atoms with van der Waals surface area (Å²) in [7, 11) is 0. The molecule has 1 N–H and O–H groups in total. The molecule has 1 fully saturated rings. The van der Waals surface area contributed by atoms with Gasteiger partial charge in [0.05, 0.1) is 11.4 Å². The van der Waals surface area contributed by atoms with Crippen molar-refractivity contribution in [3.05, 3.63) is 22.7 Å². The van der Waals surface area contributed by atoms with E-state index in [0.717, 1.165) is 28.9 Å². The first kappa shape index (κ1) is 13.4. The van der Waals surface area contributed by atoms with Gasteiger partial charge in [-0.1, -0.05) is 15.9 Å². The highest BCUT2D eigenvalue weighted by Gasteiger charge is 2.16. The van der Waals surface area contributed by atoms with Crippen LogP contribution < -0.4 is 10.3 Å². The van der Waals surface area contributed by atoms with Gasteiger partial charge in [0.25, 0.3) is 0 Å². The van der Waals surface area contributed by atoms with E-state index in [1.807, 2.05) is 18.2 Å². The molecule has 0 aliphatic carbocycles. The van der Waals surface area contributed by atoms with E-state index < -0.39 is 0 Å². The Kier molecular flexibility index (Phi) is 4.38. The lowest BCUT2D eigenvalue weighted by Gasteiger charge is -2.21. The van der Waals surface area contributed by atoms with Gasteiger partial charge in [-0.25, -0.2) is 0 Å². The van der Waals surface area contributed by atoms with Crippen LogP contribution in [0.5, 0.6) is 0 Å². The van der Waals surface area contributed by atoms with Gasteiger partial charge < -0.3 is 4.90 Å². The molecule has 0 unspecified atom stereocenters. The van der Waals surface area contributed by atoms with Gasteiger partial charge in [-0.2, -0.15) is 15.6 Å². The smallest absolute Gasteiger partial charge is 0.237 e. The number of hydrogen-bond acceptors (Lipinski definition) is 5. The molecule has 6 heteroatoms. The average molecular weight is 318 g/mol. The minimum atomic E-state index is -0.185. The second kappa shape index (κ2) is 6.21. The molecule has 5 nitrogen and oxygen atoms in total. The maximum Gasteiger partial charge on any atom is 0.237 e. The Bertz CT molecular complexity index is 560. The zero-order valence-corrected chi connectivity index (χ0v) is 11.8. The molecular formula is C13H12BrN5. The third kappa shape index (κ3) is 3.24. The van der Waals surface area contributed by atoms with Crippen LogP contribution in [-0.2, 0) is 0 Å². The monoisotopic (exact) mass is 317 g/mol. The molecule has 0 spiro atoms. The van der Waals surface area contributed by atoms with Crippen LogP contribution in [0.4, 0.5) is 11.4 Å². The number of anilines is 2. The van der Waals surface area contributed by atoms with Crippen molar-refractivity contribution in [1.29, 1.82) is 10.5 Å². The third-order valence-electron chi connectivity index (χ3n) is 2.91. The Morgan fingerprint density at radius 3 is 2.58 bits per heavy atom. The maximum absolute atomic E-state index is 8.67. The van der Waals surface area contributed by atoms with Crippen molar-refractivity contribution in [2.45, 2.75) is 12.8 Å². The standard InChI is InChI=1S/C13H12BrN5/c14-10-3-4-12(18-17-11(8-15)9-16)13(7-10)19-5-1-2-6-19/h3-4,7,18H,1-2,5-6H2. The van der Waals surface area contributed by atoms with E-state index in [2.05, 4.69) is 31.4 Å². The van der Waals surface area contributed by atoms with Gasteiger partial charge in [0.1, 0.15) is 12.1 Å². The molecule has 0 amide bonds. The van der Waals surface area contributed by atoms with E-state index in [4.69, 9.17) is 10.5 Å². The Morgan fingerprint density at radius 1 is 1.26 bits per heavy atom. The van der Waals surface area contributed by atoms with E-state index in [1.165, 1.54) is 12.8 Å². The quantitative estimate of drug-likeness (QED) is 0.687. The molecule has 2 rings (SSSR count). The predicted octanol–water partition coefficient (Wildman–Crippen LogP) is 2.86. The van der Waals surface area contributed by atoms with Crippen molar-refractivity contribution in [3.63, 3.8) is 0 Å². The van der Waals surface area contributed by atoms with Gasteiger partial charge in [0, 0.05) is 17.6 Å². The van der Waals surface area contributed by atoms with Crippen LogP contribution in [0, 0.1) is 22.7 Å². The largest absolute Gasteiger partial charge is 0.370 e. The number of halogens is 1. The van der Waals surface area contributed by atoms with Crippen molar-refractivity contribution in [3.8, 4) is 12.1 Å². The van der Waals surface area contributed by atoms with Gasteiger partial charge in [0.15, 0.2) is 0 Å². The molecule has 19 heavy (non-hydrogen) atoms. The molecule has 1 saturated heterocycles. The lowest BCUT2D eigenvalue weighted by Crippen LogP contribution is -2.18. The highest BCUT2D eigenvalue weighted by molar-refractivity contribution is 9.10. The number of hydrazone groups is 1. The fraction of sp³-hybridized carbons (Fsp3) is 0.308. The summed E-state index contributed by atoms with van der Waals surface area (Å²) in [6.07, 6.45) is 2.35. The number of nitriles is 2. The second-order valence-electron chi connectivity index (χ2n) is 4.15. The van der Waals surface area contributed by atoms with Crippen LogP contribution in [0.25, 0.3) is 0 Å². The number of benzene rings is 1. The van der Waals surface area contributed by atoms with Gasteiger partial charge in [-0.15, -0.1) is 0 Å². The Balaban J connectivity index is 2.27. The lowest BCUT2D eigenvalue weighted by atomic mass is 10.2. The lowest BCUT2D eigenvalue weighted by molar-refractivity contribution is 0.949. The summed E-state index contributed by atoms with van der Waals surface area (Å²) in [5, 5.41) is 21.1. The normalized spacial score (nSPS) is 13.5. The maximum atomic E-state index is 8.67. The molecule has 1 aliphatic rings. The number of rotatable bonds is 3. The number of nitrogens with one attached hydrogen (secondary N) is 1. The highest BCUT2D eigenvalue weighted by Crippen LogP contribution is 2.31. The van der Waals surface area contributed by atoms with Crippen molar-refractivity contribution in [2.75, 3.05) is 23.4 Å². The topological polar surface area (TPSA) is 75.2 Å². The molecule has 1 heterocycles. The van der Waals surface area contributed by atoms with Gasteiger partial charge in [-0.05, 0) is 31.0 Å². The summed E-state index contributed by atoms with van der Waals surface area (Å²) >= 11 is 3.46. The zero-order valence-electron chi connectivity index (χ0n) is 10.2. The Labute approximate surface area is 120 Å². The van der Waals surface area contributed by atoms with Gasteiger partial charge in [-0.3, -0.25) is 5.43 Å². The van der Waals surface area contributed by atoms with Gasteiger partial charge in [0.2, 0.25) is 5.71 Å². The summed E-state index contributed by atoms with van der Waals surface area (Å²) in [4.78, 5) is 2.26. The van der Waals surface area contributed by atoms with E-state index >= 15 is 0 Å². The van der Waals surface area contributed by atoms with E-state index in [9.17, 15) is 0 Å². The Morgan fingerprint density at radius 2 is 1.95 bits per heavy atom. The number of hydrogen-bond donors (Lipinski definition) is 1. The second-order valence-corrected chi connectivity index (χ2v) is 5.07. The summed E-state index contributed by atoms with van der Waals surface area (Å²) in [6.45, 7) is 2.02. The first-order valence-corrected chi connectivity index (χ1v) is 6.72. The summed E-state index contributed by atoms with van der Waals surface area (Å²) in [6, 6.07) is 9.25. The minimum Gasteiger partial charge on any atom is -0.370 e. The molecule has 0 radical (unpaired) electrons. The SMILES string of the molecule is N#CC(C#N)=NNc1ccc(Br)cc1N1CCCC1. The van der Waals surface area contributed by atoms with Crippen LogP contribution in [0.3, 0.4) is 0 Å². The molecule has 0 saturated carbocycles. The molecule has 96 valence electrons. The van der Waals surface area contributed by atoms with Crippen molar-refractivity contribution in [1.82, 2.24) is 0 Å². The molecule has 0 aromatic heterocycles. The van der Waals surface area contributed by atoms with Crippen LogP contribution in [0.1, 0.15) is 12.8 Å². The fourth-order valence-electron chi connectivity index (χ4n) is 2.01. The average Bonchev–Trinajstić information content (AvgIpc) is 2.95. The molecule has 0 atom stereocenters. The van der Waals surface area contributed by atoms with E-state index in [1.54, 1.807) is 12.1 Å². The van der Waals surface area contributed by atoms with Crippen molar-refractivity contribution >= 4 is 33.0 Å². The summed E-state index contributed by atoms with van der Waals surface area (Å²) in [5.41, 5.74) is 4.45. The number of nitrogens with zero attached hydrogens (tertiary/aromatic N) is 4. The van der Waals surface area contributed by atoms with Crippen LogP contribution >= 0.6 is 15.9 Å². The van der Waals surface area contributed by atoms with Crippen LogP contribution in [0.2, 0.25) is 0 Å². The predicted molar refractivity (Wildman–Crippen MR) is 77.9 cm³/mol. The summed E-state index contributed by atoms with van der Waals surface area (Å²) in [5.74, 6) is 0. The molecule has 1 aromatic rings. The van der Waals surface area contributed by atoms with E-state index in [0.29, 0.717) is 0 Å². The minimum absolute atomic E-state index is 0.185. The van der Waals surface area contributed by atoms with Crippen LogP contribution in [0.15, 0.2) is 27.8 Å². The van der Waals surface area contributed by atoms with Crippen LogP contribution in [-0.4, -0.2) is 18.8 Å². The zero-order chi connectivity index (χ0) is 13.7. The van der Waals surface area contributed by atoms with Crippen molar-refractivity contribution in [2.24, 2.45) is 5.10 Å². The molecule has 0 bridgehead atoms. The third-order valence-corrected chi connectivity index (χ3v) is 3.40. The molecular weight excluding hydrogens is 306 g/mol. The first-order chi connectivity index (χ1) is 9.24. The van der Waals surface area contributed by atoms with E-state index in [-0.39, 0.29) is 5.71 Å². The first-order valence-electron chi connectivity index (χ1n) is 5.93. The Hall–Kier alpha value is -2.05. The summed E-state index contributed by atoms with van der Waals surface area (Å²) < 4.78 is 0.990.